The minimum atomic E-state index is -0.414. The van der Waals surface area contributed by atoms with E-state index in [0.29, 0.717) is 0 Å². The number of carbonyl (C=O) groups excluding carboxylic acids is 1. The summed E-state index contributed by atoms with van der Waals surface area (Å²) in [4.78, 5) is 23.0. The average Bonchev–Trinajstić information content (AvgIpc) is 2.40. The molecule has 1 atom stereocenters. The van der Waals surface area contributed by atoms with Crippen LogP contribution in [-0.4, -0.2) is 10.7 Å². The molecule has 1 fully saturated rings. The normalized spacial score (nSPS) is 21.6. The Morgan fingerprint density at radius 1 is 1.33 bits per heavy atom. The van der Waals surface area contributed by atoms with Crippen molar-refractivity contribution in [3.05, 3.63) is 45.5 Å². The molecule has 4 nitrogen and oxygen atoms in total. The van der Waals surface area contributed by atoms with Crippen LogP contribution in [0.5, 0.6) is 0 Å². The number of nitro benzene ring substituents is 1. The van der Waals surface area contributed by atoms with Crippen molar-refractivity contribution in [2.75, 3.05) is 0 Å². The molecule has 0 unspecified atom stereocenters. The first-order valence-corrected chi connectivity index (χ1v) is 7.28. The van der Waals surface area contributed by atoms with E-state index in [1.54, 1.807) is 12.1 Å². The molecule has 4 heteroatoms. The van der Waals surface area contributed by atoms with E-state index >= 15 is 0 Å². The van der Waals surface area contributed by atoms with E-state index in [2.05, 4.69) is 20.8 Å². The first-order valence-electron chi connectivity index (χ1n) is 7.28. The third-order valence-corrected chi connectivity index (χ3v) is 4.04. The van der Waals surface area contributed by atoms with Gasteiger partial charge in [0.25, 0.3) is 5.69 Å². The van der Waals surface area contributed by atoms with Gasteiger partial charge in [-0.2, -0.15) is 0 Å². The summed E-state index contributed by atoms with van der Waals surface area (Å²) in [5, 5.41) is 10.8. The highest BCUT2D eigenvalue weighted by molar-refractivity contribution is 6.02. The number of hydrogen-bond donors (Lipinski definition) is 0. The number of benzene rings is 1. The van der Waals surface area contributed by atoms with Gasteiger partial charge in [-0.25, -0.2) is 0 Å². The maximum atomic E-state index is 12.6. The van der Waals surface area contributed by atoms with Crippen LogP contribution in [0.25, 0.3) is 6.08 Å². The fourth-order valence-corrected chi connectivity index (χ4v) is 2.87. The summed E-state index contributed by atoms with van der Waals surface area (Å²) in [7, 11) is 0. The number of carbonyl (C=O) groups is 1. The molecule has 1 saturated carbocycles. The summed E-state index contributed by atoms with van der Waals surface area (Å²) in [6, 6.07) is 6.43. The molecule has 1 aromatic carbocycles. The van der Waals surface area contributed by atoms with Gasteiger partial charge in [-0.15, -0.1) is 0 Å². The second kappa shape index (κ2) is 5.80. The number of nitro groups is 1. The predicted octanol–water partition coefficient (Wildman–Crippen LogP) is 4.39. The van der Waals surface area contributed by atoms with Crippen LogP contribution in [0, 0.1) is 21.4 Å². The summed E-state index contributed by atoms with van der Waals surface area (Å²) in [5.74, 6) is 0.233. The molecular formula is C17H21NO3. The van der Waals surface area contributed by atoms with Crippen molar-refractivity contribution in [2.45, 2.75) is 40.0 Å². The summed E-state index contributed by atoms with van der Waals surface area (Å²) in [6.45, 7) is 6.27. The molecule has 21 heavy (non-hydrogen) atoms. The number of nitrogens with zero attached hydrogens (tertiary/aromatic N) is 1. The maximum Gasteiger partial charge on any atom is 0.270 e. The number of Topliss-reactive ketones (excluding diaryl/α,β-unsaturated/α-hetero) is 1. The Bertz CT molecular complexity index is 596. The van der Waals surface area contributed by atoms with Crippen LogP contribution in [0.4, 0.5) is 5.69 Å². The van der Waals surface area contributed by atoms with Crippen LogP contribution in [0.15, 0.2) is 29.8 Å². The standard InChI is InChI=1S/C17H21NO3/c1-17(2,3)15-9-5-7-13(16(15)19)10-12-6-4-8-14(11-12)18(20)21/h4,6,8,10-11,15H,5,7,9H2,1-3H3/b13-10+/t15-/m0/s1. The zero-order chi connectivity index (χ0) is 15.6. The van der Waals surface area contributed by atoms with E-state index in [1.807, 2.05) is 6.08 Å². The molecule has 2 rings (SSSR count). The van der Waals surface area contributed by atoms with E-state index in [-0.39, 0.29) is 22.8 Å². The molecule has 0 aliphatic heterocycles. The van der Waals surface area contributed by atoms with E-state index in [4.69, 9.17) is 0 Å². The molecule has 0 saturated heterocycles. The number of ketones is 1. The minimum absolute atomic E-state index is 0.0381. The third-order valence-electron chi connectivity index (χ3n) is 4.04. The second-order valence-electron chi connectivity index (χ2n) is 6.70. The molecule has 0 N–H and O–H groups in total. The Hall–Kier alpha value is -1.97. The van der Waals surface area contributed by atoms with Crippen LogP contribution in [-0.2, 0) is 4.79 Å². The first kappa shape index (κ1) is 15.4. The van der Waals surface area contributed by atoms with Crippen LogP contribution in [0.2, 0.25) is 0 Å². The monoisotopic (exact) mass is 287 g/mol. The Labute approximate surface area is 125 Å². The molecule has 1 aliphatic carbocycles. The molecule has 0 amide bonds. The lowest BCUT2D eigenvalue weighted by Gasteiger charge is -2.33. The maximum absolute atomic E-state index is 12.6. The lowest BCUT2D eigenvalue weighted by molar-refractivity contribution is -0.384. The number of non-ortho nitro benzene ring substituents is 1. The number of hydrogen-bond acceptors (Lipinski definition) is 3. The van der Waals surface area contributed by atoms with Crippen LogP contribution in [0.1, 0.15) is 45.6 Å². The molecule has 112 valence electrons. The largest absolute Gasteiger partial charge is 0.294 e. The van der Waals surface area contributed by atoms with Gasteiger partial charge in [-0.1, -0.05) is 32.9 Å². The topological polar surface area (TPSA) is 60.2 Å². The highest BCUT2D eigenvalue weighted by Crippen LogP contribution is 2.38. The Morgan fingerprint density at radius 2 is 2.05 bits per heavy atom. The van der Waals surface area contributed by atoms with Gasteiger partial charge in [-0.3, -0.25) is 14.9 Å². The van der Waals surface area contributed by atoms with Gasteiger partial charge in [0.2, 0.25) is 0 Å². The van der Waals surface area contributed by atoms with Gasteiger partial charge >= 0.3 is 0 Å². The molecule has 1 aromatic rings. The third kappa shape index (κ3) is 3.57. The van der Waals surface area contributed by atoms with E-state index in [0.717, 1.165) is 30.4 Å². The van der Waals surface area contributed by atoms with Crippen molar-refractivity contribution in [1.29, 1.82) is 0 Å². The fourth-order valence-electron chi connectivity index (χ4n) is 2.87. The van der Waals surface area contributed by atoms with Gasteiger partial charge < -0.3 is 0 Å². The molecule has 0 heterocycles. The molecule has 0 bridgehead atoms. The van der Waals surface area contributed by atoms with Crippen molar-refractivity contribution in [2.24, 2.45) is 11.3 Å². The minimum Gasteiger partial charge on any atom is -0.294 e. The van der Waals surface area contributed by atoms with Gasteiger partial charge in [0.1, 0.15) is 0 Å². The van der Waals surface area contributed by atoms with Gasteiger partial charge in [0.05, 0.1) is 4.92 Å². The zero-order valence-corrected chi connectivity index (χ0v) is 12.8. The van der Waals surface area contributed by atoms with Crippen molar-refractivity contribution in [3.63, 3.8) is 0 Å². The molecule has 0 spiro atoms. The Balaban J connectivity index is 2.30. The van der Waals surface area contributed by atoms with Crippen molar-refractivity contribution in [3.8, 4) is 0 Å². The summed E-state index contributed by atoms with van der Waals surface area (Å²) >= 11 is 0. The van der Waals surface area contributed by atoms with Gasteiger partial charge in [0, 0.05) is 18.1 Å². The van der Waals surface area contributed by atoms with Crippen LogP contribution >= 0.6 is 0 Å². The zero-order valence-electron chi connectivity index (χ0n) is 12.8. The number of rotatable bonds is 2. The second-order valence-corrected chi connectivity index (χ2v) is 6.70. The molecule has 1 aliphatic rings. The quantitative estimate of drug-likeness (QED) is 0.460. The van der Waals surface area contributed by atoms with E-state index < -0.39 is 4.92 Å². The molecular weight excluding hydrogens is 266 g/mol. The Kier molecular flexibility index (Phi) is 4.26. The van der Waals surface area contributed by atoms with Crippen molar-refractivity contribution >= 4 is 17.5 Å². The SMILES string of the molecule is CC(C)(C)[C@H]1CCC/C(=C\c2cccc([N+](=O)[O-])c2)C1=O. The summed E-state index contributed by atoms with van der Waals surface area (Å²) in [6.07, 6.45) is 4.49. The predicted molar refractivity (Wildman–Crippen MR) is 82.9 cm³/mol. The fraction of sp³-hybridized carbons (Fsp3) is 0.471. The highest BCUT2D eigenvalue weighted by Gasteiger charge is 2.35. The summed E-state index contributed by atoms with van der Waals surface area (Å²) < 4.78 is 0. The Morgan fingerprint density at radius 3 is 2.67 bits per heavy atom. The number of allylic oxidation sites excluding steroid dienone is 1. The molecule has 0 aromatic heterocycles. The molecule has 0 radical (unpaired) electrons. The summed E-state index contributed by atoms with van der Waals surface area (Å²) in [5.41, 5.74) is 1.53. The average molecular weight is 287 g/mol. The lowest BCUT2D eigenvalue weighted by Crippen LogP contribution is -2.32. The lowest BCUT2D eigenvalue weighted by atomic mass is 9.70. The van der Waals surface area contributed by atoms with Crippen molar-refractivity contribution < 1.29 is 9.72 Å². The smallest absolute Gasteiger partial charge is 0.270 e. The van der Waals surface area contributed by atoms with E-state index in [1.165, 1.54) is 12.1 Å². The highest BCUT2D eigenvalue weighted by atomic mass is 16.6. The van der Waals surface area contributed by atoms with E-state index in [9.17, 15) is 14.9 Å². The van der Waals surface area contributed by atoms with Crippen molar-refractivity contribution in [1.82, 2.24) is 0 Å². The first-order chi connectivity index (χ1) is 9.79. The van der Waals surface area contributed by atoms with Crippen LogP contribution < -0.4 is 0 Å². The van der Waals surface area contributed by atoms with Gasteiger partial charge in [-0.05, 0) is 41.9 Å². The van der Waals surface area contributed by atoms with Crippen LogP contribution in [0.3, 0.4) is 0 Å². The van der Waals surface area contributed by atoms with Gasteiger partial charge in [0.15, 0.2) is 5.78 Å².